The highest BCUT2D eigenvalue weighted by atomic mass is 19.1. The number of benzene rings is 1. The largest absolute Gasteiger partial charge is 0.354 e. The van der Waals surface area contributed by atoms with Crippen LogP contribution in [0.5, 0.6) is 0 Å². The summed E-state index contributed by atoms with van der Waals surface area (Å²) >= 11 is 0. The number of carbonyl (C=O) groups excluding carboxylic acids is 2. The van der Waals surface area contributed by atoms with Crippen LogP contribution in [0.25, 0.3) is 0 Å². The van der Waals surface area contributed by atoms with Crippen molar-refractivity contribution in [2.24, 2.45) is 4.99 Å². The normalized spacial score (nSPS) is 18.9. The Morgan fingerprint density at radius 3 is 2.67 bits per heavy atom. The van der Waals surface area contributed by atoms with Gasteiger partial charge in [-0.1, -0.05) is 11.6 Å². The lowest BCUT2D eigenvalue weighted by Gasteiger charge is -2.28. The third kappa shape index (κ3) is 4.62. The molecule has 0 saturated heterocycles. The van der Waals surface area contributed by atoms with Crippen LogP contribution in [0.4, 0.5) is 4.39 Å². The Labute approximate surface area is 159 Å². The lowest BCUT2D eigenvalue weighted by atomic mass is 9.97. The lowest BCUT2D eigenvalue weighted by Crippen LogP contribution is -2.48. The summed E-state index contributed by atoms with van der Waals surface area (Å²) in [7, 11) is 0. The number of amides is 2. The molecular weight excluding hydrogens is 345 g/mol. The van der Waals surface area contributed by atoms with Gasteiger partial charge in [0.25, 0.3) is 5.91 Å². The van der Waals surface area contributed by atoms with Gasteiger partial charge in [0.2, 0.25) is 5.91 Å². The minimum Gasteiger partial charge on any atom is -0.354 e. The predicted molar refractivity (Wildman–Crippen MR) is 103 cm³/mol. The third-order valence-corrected chi connectivity index (χ3v) is 5.07. The van der Waals surface area contributed by atoms with Gasteiger partial charge in [-0.05, 0) is 70.2 Å². The predicted octanol–water partition coefficient (Wildman–Crippen LogP) is 3.20. The maximum atomic E-state index is 13.1. The molecule has 1 aromatic rings. The Morgan fingerprint density at radius 1 is 1.26 bits per heavy atom. The zero-order chi connectivity index (χ0) is 19.4. The van der Waals surface area contributed by atoms with E-state index >= 15 is 0 Å². The van der Waals surface area contributed by atoms with Crippen LogP contribution in [0.3, 0.4) is 0 Å². The second-order valence-corrected chi connectivity index (χ2v) is 7.56. The average Bonchev–Trinajstić information content (AvgIpc) is 2.87. The van der Waals surface area contributed by atoms with Crippen LogP contribution in [0.1, 0.15) is 51.5 Å². The molecule has 1 aliphatic carbocycles. The molecule has 0 saturated carbocycles. The number of hydrogen-bond acceptors (Lipinski definition) is 3. The maximum absolute atomic E-state index is 13.1. The van der Waals surface area contributed by atoms with E-state index in [0.29, 0.717) is 12.1 Å². The zero-order valence-electron chi connectivity index (χ0n) is 15.9. The van der Waals surface area contributed by atoms with Crippen LogP contribution in [-0.2, 0) is 9.59 Å². The molecule has 2 amide bonds. The Bertz CT molecular complexity index is 781. The van der Waals surface area contributed by atoms with Gasteiger partial charge in [-0.25, -0.2) is 4.39 Å². The highest BCUT2D eigenvalue weighted by molar-refractivity contribution is 6.46. The smallest absolute Gasteiger partial charge is 0.275 e. The van der Waals surface area contributed by atoms with Crippen molar-refractivity contribution in [1.82, 2.24) is 10.2 Å². The van der Waals surface area contributed by atoms with Gasteiger partial charge in [0.05, 0.1) is 0 Å². The fraction of sp³-hybridized carbons (Fsp3) is 0.476. The van der Waals surface area contributed by atoms with Gasteiger partial charge in [-0.2, -0.15) is 0 Å². The van der Waals surface area contributed by atoms with E-state index in [1.54, 1.807) is 13.8 Å². The van der Waals surface area contributed by atoms with Gasteiger partial charge < -0.3 is 10.2 Å². The molecule has 0 atom stereocenters. The van der Waals surface area contributed by atoms with Gasteiger partial charge in [0.1, 0.15) is 23.7 Å². The summed E-state index contributed by atoms with van der Waals surface area (Å²) < 4.78 is 13.1. The minimum absolute atomic E-state index is 0.0426. The average molecular weight is 371 g/mol. The minimum atomic E-state index is -0.815. The Balaban J connectivity index is 1.58. The first kappa shape index (κ1) is 19.3. The summed E-state index contributed by atoms with van der Waals surface area (Å²) in [6.07, 6.45) is 7.84. The highest BCUT2D eigenvalue weighted by Crippen LogP contribution is 2.26. The Morgan fingerprint density at radius 2 is 2.00 bits per heavy atom. The van der Waals surface area contributed by atoms with Crippen molar-refractivity contribution in [3.63, 3.8) is 0 Å². The fourth-order valence-electron chi connectivity index (χ4n) is 3.51. The van der Waals surface area contributed by atoms with Crippen molar-refractivity contribution in [3.05, 3.63) is 47.3 Å². The number of halogens is 1. The van der Waals surface area contributed by atoms with Crippen molar-refractivity contribution in [3.8, 4) is 0 Å². The van der Waals surface area contributed by atoms with Crippen molar-refractivity contribution in [2.45, 2.75) is 51.6 Å². The molecular formula is C21H26FN3O2. The van der Waals surface area contributed by atoms with E-state index in [-0.39, 0.29) is 29.9 Å². The van der Waals surface area contributed by atoms with Crippen LogP contribution in [-0.4, -0.2) is 41.2 Å². The molecule has 0 bridgehead atoms. The molecule has 5 nitrogen and oxygen atoms in total. The molecule has 1 N–H and O–H groups in total. The summed E-state index contributed by atoms with van der Waals surface area (Å²) in [6.45, 7) is 4.13. The summed E-state index contributed by atoms with van der Waals surface area (Å²) in [6, 6.07) is 5.66. The monoisotopic (exact) mass is 371 g/mol. The number of carbonyl (C=O) groups is 2. The summed E-state index contributed by atoms with van der Waals surface area (Å²) in [5.41, 5.74) is 1.41. The molecule has 0 unspecified atom stereocenters. The van der Waals surface area contributed by atoms with Gasteiger partial charge in [0.15, 0.2) is 0 Å². The summed E-state index contributed by atoms with van der Waals surface area (Å²) in [5.74, 6) is -0.867. The van der Waals surface area contributed by atoms with Crippen molar-refractivity contribution >= 4 is 17.5 Å². The Hall–Kier alpha value is -2.50. The van der Waals surface area contributed by atoms with Crippen LogP contribution in [0.2, 0.25) is 0 Å². The molecule has 27 heavy (non-hydrogen) atoms. The van der Waals surface area contributed by atoms with E-state index < -0.39 is 5.66 Å². The zero-order valence-corrected chi connectivity index (χ0v) is 15.9. The fourth-order valence-corrected chi connectivity index (χ4v) is 3.51. The van der Waals surface area contributed by atoms with Crippen LogP contribution < -0.4 is 5.32 Å². The van der Waals surface area contributed by atoms with Crippen molar-refractivity contribution in [2.75, 3.05) is 13.1 Å². The number of nitrogens with zero attached hydrogens (tertiary/aromatic N) is 2. The van der Waals surface area contributed by atoms with Crippen LogP contribution in [0.15, 0.2) is 40.9 Å². The number of rotatable bonds is 6. The molecule has 1 aromatic carbocycles. The van der Waals surface area contributed by atoms with Gasteiger partial charge in [-0.15, -0.1) is 0 Å². The topological polar surface area (TPSA) is 61.8 Å². The SMILES string of the molecule is CC1(C)N=C(c2ccc(F)cc2)C(=O)N1CC(=O)NCCC1=CCCCC1. The second kappa shape index (κ2) is 8.03. The quantitative estimate of drug-likeness (QED) is 0.781. The van der Waals surface area contributed by atoms with Gasteiger partial charge in [-0.3, -0.25) is 14.6 Å². The molecule has 0 aromatic heterocycles. The van der Waals surface area contributed by atoms with Crippen molar-refractivity contribution < 1.29 is 14.0 Å². The molecule has 3 rings (SSSR count). The summed E-state index contributed by atoms with van der Waals surface area (Å²) in [5, 5.41) is 2.90. The number of nitrogens with one attached hydrogen (secondary N) is 1. The maximum Gasteiger partial charge on any atom is 0.275 e. The first-order chi connectivity index (χ1) is 12.9. The molecule has 1 aliphatic heterocycles. The van der Waals surface area contributed by atoms with E-state index in [1.807, 2.05) is 0 Å². The van der Waals surface area contributed by atoms with Gasteiger partial charge >= 0.3 is 0 Å². The standard InChI is InChI=1S/C21H26FN3O2/c1-21(2)24-19(16-8-10-17(22)11-9-16)20(27)25(21)14-18(26)23-13-12-15-6-4-3-5-7-15/h6,8-11H,3-5,7,12-14H2,1-2H3,(H,23,26). The molecule has 6 heteroatoms. The molecule has 144 valence electrons. The molecule has 1 heterocycles. The van der Waals surface area contributed by atoms with Gasteiger partial charge in [0, 0.05) is 12.1 Å². The number of hydrogen-bond donors (Lipinski definition) is 1. The third-order valence-electron chi connectivity index (χ3n) is 5.07. The Kier molecular flexibility index (Phi) is 5.73. The first-order valence-electron chi connectivity index (χ1n) is 9.49. The van der Waals surface area contributed by atoms with Crippen molar-refractivity contribution in [1.29, 1.82) is 0 Å². The van der Waals surface area contributed by atoms with E-state index in [9.17, 15) is 14.0 Å². The van der Waals surface area contributed by atoms with E-state index in [2.05, 4.69) is 16.4 Å². The second-order valence-electron chi connectivity index (χ2n) is 7.56. The highest BCUT2D eigenvalue weighted by Gasteiger charge is 2.41. The van der Waals surface area contributed by atoms with Crippen LogP contribution in [0, 0.1) is 5.82 Å². The molecule has 0 fully saturated rings. The van der Waals surface area contributed by atoms with E-state index in [4.69, 9.17) is 0 Å². The lowest BCUT2D eigenvalue weighted by molar-refractivity contribution is -0.133. The molecule has 2 aliphatic rings. The summed E-state index contributed by atoms with van der Waals surface area (Å²) in [4.78, 5) is 31.0. The number of aliphatic imine (C=N–C) groups is 1. The van der Waals surface area contributed by atoms with E-state index in [0.717, 1.165) is 19.3 Å². The first-order valence-corrected chi connectivity index (χ1v) is 9.49. The molecule has 0 radical (unpaired) electrons. The number of allylic oxidation sites excluding steroid dienone is 1. The van der Waals surface area contributed by atoms with E-state index in [1.165, 1.54) is 47.6 Å². The van der Waals surface area contributed by atoms with Crippen LogP contribution >= 0.6 is 0 Å². The molecule has 0 spiro atoms.